The molecule has 9 heteroatoms. The third-order valence-electron chi connectivity index (χ3n) is 5.50. The van der Waals surface area contributed by atoms with Crippen LogP contribution in [0.25, 0.3) is 0 Å². The fourth-order valence-electron chi connectivity index (χ4n) is 3.66. The van der Waals surface area contributed by atoms with Gasteiger partial charge in [-0.25, -0.2) is 14.1 Å². The first-order valence-electron chi connectivity index (χ1n) is 11.5. The Labute approximate surface area is 219 Å². The molecule has 1 unspecified atom stereocenters. The van der Waals surface area contributed by atoms with Gasteiger partial charge in [-0.15, -0.1) is 0 Å². The summed E-state index contributed by atoms with van der Waals surface area (Å²) in [6.45, 7) is 5.01. The number of halogens is 2. The van der Waals surface area contributed by atoms with Crippen molar-refractivity contribution in [1.82, 2.24) is 0 Å². The number of carbonyl (C=O) groups excluding carboxylic acids is 3. The largest absolute Gasteiger partial charge is 0.425 e. The zero-order valence-corrected chi connectivity index (χ0v) is 21.7. The molecule has 0 aliphatic rings. The van der Waals surface area contributed by atoms with E-state index in [1.165, 1.54) is 55.3 Å². The summed E-state index contributed by atoms with van der Waals surface area (Å²) in [5.41, 5.74) is 2.59. The molecule has 0 saturated heterocycles. The Hall–Kier alpha value is -3.75. The second-order valence-electron chi connectivity index (χ2n) is 8.26. The van der Waals surface area contributed by atoms with Gasteiger partial charge in [0.1, 0.15) is 5.82 Å². The molecule has 0 fully saturated rings. The average Bonchev–Trinajstić information content (AvgIpc) is 2.84. The maximum atomic E-state index is 13.8. The van der Waals surface area contributed by atoms with Crippen LogP contribution in [-0.2, 0) is 19.0 Å². The fraction of sp³-hybridized carbons (Fsp3) is 0.250. The lowest BCUT2D eigenvalue weighted by atomic mass is 9.99. The minimum Gasteiger partial charge on any atom is -0.425 e. The average molecular weight is 528 g/mol. The molecule has 1 amide bonds. The van der Waals surface area contributed by atoms with Crippen molar-refractivity contribution < 1.29 is 33.0 Å². The van der Waals surface area contributed by atoms with Gasteiger partial charge in [0.2, 0.25) is 6.29 Å². The van der Waals surface area contributed by atoms with Gasteiger partial charge < -0.3 is 14.2 Å². The standard InChI is InChI=1S/C28H27ClFNO6/c1-17-7-5-6-8-22(17)27(33)23-11-10-21(16-24(23)29)31(25-12-9-20(30)15-18(25)2)28(34)37-19(3)36-26(32)13-14-35-4/h5-12,15-16,19H,13-14H2,1-4H3. The molecule has 37 heavy (non-hydrogen) atoms. The molecule has 0 aliphatic heterocycles. The van der Waals surface area contributed by atoms with Crippen molar-refractivity contribution in [3.05, 3.63) is 93.8 Å². The molecule has 3 rings (SSSR count). The number of carbonyl (C=O) groups is 3. The van der Waals surface area contributed by atoms with E-state index in [1.807, 2.05) is 19.1 Å². The Morgan fingerprint density at radius 2 is 1.68 bits per heavy atom. The Kier molecular flexibility index (Phi) is 9.38. The van der Waals surface area contributed by atoms with E-state index < -0.39 is 24.2 Å². The SMILES string of the molecule is COCCC(=O)OC(C)OC(=O)N(c1ccc(C(=O)c2ccccc2C)c(Cl)c1)c1ccc(F)cc1C. The maximum absolute atomic E-state index is 13.8. The number of ether oxygens (including phenoxy) is 3. The quantitative estimate of drug-likeness (QED) is 0.179. The number of esters is 1. The fourth-order valence-corrected chi connectivity index (χ4v) is 3.92. The Morgan fingerprint density at radius 1 is 0.946 bits per heavy atom. The van der Waals surface area contributed by atoms with E-state index in [1.54, 1.807) is 19.1 Å². The van der Waals surface area contributed by atoms with Crippen molar-refractivity contribution in [3.8, 4) is 0 Å². The number of methoxy groups -OCH3 is 1. The molecule has 3 aromatic carbocycles. The molecule has 0 heterocycles. The van der Waals surface area contributed by atoms with Crippen LogP contribution in [0.4, 0.5) is 20.6 Å². The zero-order valence-electron chi connectivity index (χ0n) is 20.9. The monoisotopic (exact) mass is 527 g/mol. The molecule has 0 N–H and O–H groups in total. The van der Waals surface area contributed by atoms with Gasteiger partial charge in [-0.1, -0.05) is 35.9 Å². The third-order valence-corrected chi connectivity index (χ3v) is 5.81. The summed E-state index contributed by atoms with van der Waals surface area (Å²) in [5.74, 6) is -1.35. The van der Waals surface area contributed by atoms with Crippen molar-refractivity contribution >= 4 is 40.8 Å². The van der Waals surface area contributed by atoms with Crippen LogP contribution >= 0.6 is 11.6 Å². The number of aryl methyl sites for hydroxylation is 2. The van der Waals surface area contributed by atoms with Gasteiger partial charge in [0, 0.05) is 25.2 Å². The normalized spacial score (nSPS) is 11.5. The number of hydrogen-bond acceptors (Lipinski definition) is 6. The van der Waals surface area contributed by atoms with Crippen LogP contribution in [0, 0.1) is 19.7 Å². The van der Waals surface area contributed by atoms with Crippen molar-refractivity contribution in [2.75, 3.05) is 18.6 Å². The molecule has 0 spiro atoms. The van der Waals surface area contributed by atoms with Gasteiger partial charge in [0.25, 0.3) is 0 Å². The summed E-state index contributed by atoms with van der Waals surface area (Å²) in [6, 6.07) is 15.5. The number of rotatable bonds is 9. The van der Waals surface area contributed by atoms with Gasteiger partial charge in [-0.2, -0.15) is 0 Å². The van der Waals surface area contributed by atoms with Crippen molar-refractivity contribution in [2.24, 2.45) is 0 Å². The summed E-state index contributed by atoms with van der Waals surface area (Å²) in [4.78, 5) is 39.4. The highest BCUT2D eigenvalue weighted by Crippen LogP contribution is 2.34. The second-order valence-corrected chi connectivity index (χ2v) is 8.67. The van der Waals surface area contributed by atoms with E-state index in [4.69, 9.17) is 25.8 Å². The number of benzene rings is 3. The van der Waals surface area contributed by atoms with Crippen LogP contribution in [0.2, 0.25) is 5.02 Å². The topological polar surface area (TPSA) is 82.1 Å². The number of anilines is 2. The highest BCUT2D eigenvalue weighted by Gasteiger charge is 2.26. The van der Waals surface area contributed by atoms with Gasteiger partial charge in [-0.05, 0) is 61.4 Å². The molecule has 0 bridgehead atoms. The Morgan fingerprint density at radius 3 is 2.32 bits per heavy atom. The summed E-state index contributed by atoms with van der Waals surface area (Å²) in [6.07, 6.45) is -2.11. The molecular formula is C28H27ClFNO6. The van der Waals surface area contributed by atoms with E-state index in [0.29, 0.717) is 16.8 Å². The number of hydrogen-bond donors (Lipinski definition) is 0. The predicted octanol–water partition coefficient (Wildman–Crippen LogP) is 6.53. The first kappa shape index (κ1) is 27.8. The molecule has 194 valence electrons. The van der Waals surface area contributed by atoms with Crippen molar-refractivity contribution in [1.29, 1.82) is 0 Å². The molecular weight excluding hydrogens is 501 g/mol. The van der Waals surface area contributed by atoms with Crippen LogP contribution in [0.5, 0.6) is 0 Å². The zero-order chi connectivity index (χ0) is 27.1. The van der Waals surface area contributed by atoms with Crippen molar-refractivity contribution in [2.45, 2.75) is 33.5 Å². The van der Waals surface area contributed by atoms with Gasteiger partial charge in [0.15, 0.2) is 5.78 Å². The predicted molar refractivity (Wildman–Crippen MR) is 138 cm³/mol. The first-order valence-corrected chi connectivity index (χ1v) is 11.9. The van der Waals surface area contributed by atoms with Gasteiger partial charge >= 0.3 is 12.1 Å². The van der Waals surface area contributed by atoms with E-state index in [2.05, 4.69) is 0 Å². The molecule has 0 saturated carbocycles. The minimum atomic E-state index is -1.21. The summed E-state index contributed by atoms with van der Waals surface area (Å²) >= 11 is 6.51. The highest BCUT2D eigenvalue weighted by molar-refractivity contribution is 6.35. The molecule has 3 aromatic rings. The van der Waals surface area contributed by atoms with E-state index in [-0.39, 0.29) is 35.1 Å². The first-order chi connectivity index (χ1) is 17.6. The van der Waals surface area contributed by atoms with Gasteiger partial charge in [-0.3, -0.25) is 9.59 Å². The maximum Gasteiger partial charge on any atom is 0.422 e. The summed E-state index contributed by atoms with van der Waals surface area (Å²) < 4.78 is 29.1. The highest BCUT2D eigenvalue weighted by atomic mass is 35.5. The van der Waals surface area contributed by atoms with E-state index in [0.717, 1.165) is 5.56 Å². The minimum absolute atomic E-state index is 0.00877. The second kappa shape index (κ2) is 12.5. The molecule has 7 nitrogen and oxygen atoms in total. The number of ketones is 1. The lowest BCUT2D eigenvalue weighted by Crippen LogP contribution is -2.32. The lowest BCUT2D eigenvalue weighted by molar-refractivity contribution is -0.165. The summed E-state index contributed by atoms with van der Waals surface area (Å²) in [7, 11) is 1.45. The van der Waals surface area contributed by atoms with Crippen molar-refractivity contribution in [3.63, 3.8) is 0 Å². The molecule has 1 atom stereocenters. The van der Waals surface area contributed by atoms with Crippen LogP contribution in [0.3, 0.4) is 0 Å². The van der Waals surface area contributed by atoms with Crippen LogP contribution in [0.15, 0.2) is 60.7 Å². The van der Waals surface area contributed by atoms with E-state index in [9.17, 15) is 18.8 Å². The molecule has 0 radical (unpaired) electrons. The lowest BCUT2D eigenvalue weighted by Gasteiger charge is -2.26. The molecule has 0 aliphatic carbocycles. The summed E-state index contributed by atoms with van der Waals surface area (Å²) in [5, 5.41) is 0.113. The van der Waals surface area contributed by atoms with Gasteiger partial charge in [0.05, 0.1) is 29.4 Å². The van der Waals surface area contributed by atoms with Crippen LogP contribution in [0.1, 0.15) is 40.4 Å². The van der Waals surface area contributed by atoms with Crippen LogP contribution < -0.4 is 4.90 Å². The Bertz CT molecular complexity index is 1310. The Balaban J connectivity index is 1.95. The number of nitrogens with zero attached hydrogens (tertiary/aromatic N) is 1. The van der Waals surface area contributed by atoms with E-state index >= 15 is 0 Å². The number of amides is 1. The molecule has 0 aromatic heterocycles. The third kappa shape index (κ3) is 6.93. The van der Waals surface area contributed by atoms with Crippen LogP contribution in [-0.4, -0.2) is 37.9 Å². The smallest absolute Gasteiger partial charge is 0.422 e.